The van der Waals surface area contributed by atoms with Gasteiger partial charge >= 0.3 is 0 Å². The van der Waals surface area contributed by atoms with Crippen LogP contribution in [-0.2, 0) is 13.0 Å². The van der Waals surface area contributed by atoms with Crippen LogP contribution >= 0.6 is 0 Å². The monoisotopic (exact) mass is 219 g/mol. The van der Waals surface area contributed by atoms with Gasteiger partial charge in [-0.15, -0.1) is 0 Å². The molecule has 0 bridgehead atoms. The van der Waals surface area contributed by atoms with Gasteiger partial charge in [0.15, 0.2) is 0 Å². The van der Waals surface area contributed by atoms with E-state index in [1.54, 1.807) is 6.33 Å². The molecule has 86 valence electrons. The Hall–Kier alpha value is -1.41. The van der Waals surface area contributed by atoms with Crippen molar-refractivity contribution >= 4 is 0 Å². The summed E-state index contributed by atoms with van der Waals surface area (Å²) in [5.74, 6) is 1.10. The zero-order valence-corrected chi connectivity index (χ0v) is 9.39. The summed E-state index contributed by atoms with van der Waals surface area (Å²) in [5, 5.41) is 16.1. The first-order valence-corrected chi connectivity index (χ1v) is 5.87. The van der Waals surface area contributed by atoms with Crippen molar-refractivity contribution in [2.24, 2.45) is 0 Å². The van der Waals surface area contributed by atoms with Crippen LogP contribution in [-0.4, -0.2) is 27.4 Å². The molecule has 1 aromatic rings. The summed E-state index contributed by atoms with van der Waals surface area (Å²) in [7, 11) is 0. The second-order valence-electron chi connectivity index (χ2n) is 4.16. The third-order valence-electron chi connectivity index (χ3n) is 2.95. The summed E-state index contributed by atoms with van der Waals surface area (Å²) in [6, 6.07) is 2.68. The number of nitriles is 1. The summed E-state index contributed by atoms with van der Waals surface area (Å²) in [6.45, 7) is 1.92. The minimum absolute atomic E-state index is 0.510. The molecule has 0 amide bonds. The van der Waals surface area contributed by atoms with Gasteiger partial charge in [-0.1, -0.05) is 0 Å². The van der Waals surface area contributed by atoms with E-state index in [-0.39, 0.29) is 0 Å². The lowest BCUT2D eigenvalue weighted by molar-refractivity contribution is 0.357. The van der Waals surface area contributed by atoms with Crippen molar-refractivity contribution in [3.8, 4) is 6.07 Å². The lowest BCUT2D eigenvalue weighted by Gasteiger charge is -2.23. The van der Waals surface area contributed by atoms with Crippen LogP contribution in [0.25, 0.3) is 0 Å². The van der Waals surface area contributed by atoms with E-state index >= 15 is 0 Å². The number of unbranched alkanes of at least 4 members (excludes halogenated alkanes) is 2. The van der Waals surface area contributed by atoms with Gasteiger partial charge in [-0.25, -0.2) is 9.67 Å². The average molecular weight is 219 g/mol. The summed E-state index contributed by atoms with van der Waals surface area (Å²) in [4.78, 5) is 4.20. The molecule has 0 spiro atoms. The molecule has 0 radical (unpaired) electrons. The van der Waals surface area contributed by atoms with Gasteiger partial charge in [-0.2, -0.15) is 10.4 Å². The molecule has 0 saturated heterocycles. The summed E-state index contributed by atoms with van der Waals surface area (Å²) in [6.07, 6.45) is 6.51. The van der Waals surface area contributed by atoms with Crippen LogP contribution in [0.1, 0.15) is 31.5 Å². The van der Waals surface area contributed by atoms with Crippen molar-refractivity contribution in [1.82, 2.24) is 20.1 Å². The van der Waals surface area contributed by atoms with E-state index < -0.39 is 0 Å². The molecule has 1 aromatic heterocycles. The number of hydrogen-bond donors (Lipinski definition) is 1. The smallest absolute Gasteiger partial charge is 0.138 e. The predicted molar refractivity (Wildman–Crippen MR) is 59.6 cm³/mol. The van der Waals surface area contributed by atoms with E-state index in [0.717, 1.165) is 44.6 Å². The fourth-order valence-corrected chi connectivity index (χ4v) is 2.04. The standard InChI is InChI=1S/C11H17N5/c12-6-2-1-3-7-13-10-4-5-11-14-9-15-16(11)8-10/h9-10,13H,1-5,7-8H2/t10-/m0/s1. The highest BCUT2D eigenvalue weighted by atomic mass is 15.3. The third-order valence-corrected chi connectivity index (χ3v) is 2.95. The molecular formula is C11H17N5. The molecule has 1 aliphatic heterocycles. The molecule has 5 heteroatoms. The SMILES string of the molecule is N#CCCCCN[C@H]1CCc2ncnn2C1. The molecule has 2 heterocycles. The second-order valence-corrected chi connectivity index (χ2v) is 4.16. The number of rotatable bonds is 5. The molecule has 1 atom stereocenters. The maximum absolute atomic E-state index is 8.41. The predicted octanol–water partition coefficient (Wildman–Crippen LogP) is 0.876. The highest BCUT2D eigenvalue weighted by Crippen LogP contribution is 2.11. The molecule has 16 heavy (non-hydrogen) atoms. The molecular weight excluding hydrogens is 202 g/mol. The Morgan fingerprint density at radius 3 is 3.38 bits per heavy atom. The van der Waals surface area contributed by atoms with Crippen molar-refractivity contribution in [3.63, 3.8) is 0 Å². The Bertz CT molecular complexity index is 365. The lowest BCUT2D eigenvalue weighted by Crippen LogP contribution is -2.38. The van der Waals surface area contributed by atoms with E-state index in [0.29, 0.717) is 12.5 Å². The van der Waals surface area contributed by atoms with Gasteiger partial charge in [0.2, 0.25) is 0 Å². The van der Waals surface area contributed by atoms with Crippen LogP contribution in [0.2, 0.25) is 0 Å². The topological polar surface area (TPSA) is 66.5 Å². The highest BCUT2D eigenvalue weighted by molar-refractivity contribution is 4.92. The first kappa shape index (κ1) is 11.1. The van der Waals surface area contributed by atoms with E-state index in [4.69, 9.17) is 5.26 Å². The zero-order chi connectivity index (χ0) is 11.2. The van der Waals surface area contributed by atoms with Crippen LogP contribution in [0.5, 0.6) is 0 Å². The Kier molecular flexibility index (Phi) is 3.89. The molecule has 5 nitrogen and oxygen atoms in total. The molecule has 0 saturated carbocycles. The average Bonchev–Trinajstić information content (AvgIpc) is 2.76. The molecule has 1 N–H and O–H groups in total. The number of fused-ring (bicyclic) bond motifs is 1. The van der Waals surface area contributed by atoms with Gasteiger partial charge in [-0.3, -0.25) is 0 Å². The fourth-order valence-electron chi connectivity index (χ4n) is 2.04. The third kappa shape index (κ3) is 2.80. The van der Waals surface area contributed by atoms with Gasteiger partial charge < -0.3 is 5.32 Å². The molecule has 0 fully saturated rings. The van der Waals surface area contributed by atoms with Crippen LogP contribution < -0.4 is 5.32 Å². The van der Waals surface area contributed by atoms with Crippen molar-refractivity contribution in [3.05, 3.63) is 12.2 Å². The first-order chi connectivity index (χ1) is 7.90. The van der Waals surface area contributed by atoms with Gasteiger partial charge in [0, 0.05) is 18.9 Å². The second kappa shape index (κ2) is 5.61. The molecule has 2 rings (SSSR count). The lowest BCUT2D eigenvalue weighted by atomic mass is 10.1. The Labute approximate surface area is 95.5 Å². The van der Waals surface area contributed by atoms with E-state index in [2.05, 4.69) is 21.5 Å². The summed E-state index contributed by atoms with van der Waals surface area (Å²) < 4.78 is 1.98. The minimum atomic E-state index is 0.510. The van der Waals surface area contributed by atoms with Gasteiger partial charge in [0.05, 0.1) is 12.6 Å². The number of nitrogens with zero attached hydrogens (tertiary/aromatic N) is 4. The number of aromatic nitrogens is 3. The molecule has 0 aliphatic carbocycles. The molecule has 0 unspecified atom stereocenters. The van der Waals surface area contributed by atoms with Gasteiger partial charge in [0.1, 0.15) is 12.2 Å². The van der Waals surface area contributed by atoms with Crippen LogP contribution in [0.3, 0.4) is 0 Å². The fraction of sp³-hybridized carbons (Fsp3) is 0.727. The summed E-state index contributed by atoms with van der Waals surface area (Å²) in [5.41, 5.74) is 0. The van der Waals surface area contributed by atoms with Crippen molar-refractivity contribution in [2.75, 3.05) is 6.54 Å². The Balaban J connectivity index is 1.67. The number of hydrogen-bond acceptors (Lipinski definition) is 4. The van der Waals surface area contributed by atoms with Gasteiger partial charge in [0.25, 0.3) is 0 Å². The first-order valence-electron chi connectivity index (χ1n) is 5.87. The van der Waals surface area contributed by atoms with Crippen molar-refractivity contribution < 1.29 is 0 Å². The highest BCUT2D eigenvalue weighted by Gasteiger charge is 2.18. The van der Waals surface area contributed by atoms with Crippen LogP contribution in [0.15, 0.2) is 6.33 Å². The minimum Gasteiger partial charge on any atom is -0.312 e. The number of nitrogens with one attached hydrogen (secondary N) is 1. The van der Waals surface area contributed by atoms with Crippen LogP contribution in [0.4, 0.5) is 0 Å². The normalized spacial score (nSPS) is 19.1. The molecule has 1 aliphatic rings. The van der Waals surface area contributed by atoms with E-state index in [1.807, 2.05) is 4.68 Å². The largest absolute Gasteiger partial charge is 0.312 e. The van der Waals surface area contributed by atoms with Crippen LogP contribution in [0, 0.1) is 11.3 Å². The molecule has 0 aromatic carbocycles. The van der Waals surface area contributed by atoms with Crippen molar-refractivity contribution in [2.45, 2.75) is 44.7 Å². The van der Waals surface area contributed by atoms with E-state index in [1.165, 1.54) is 0 Å². The maximum Gasteiger partial charge on any atom is 0.138 e. The quantitative estimate of drug-likeness (QED) is 0.746. The van der Waals surface area contributed by atoms with E-state index in [9.17, 15) is 0 Å². The Morgan fingerprint density at radius 1 is 1.56 bits per heavy atom. The van der Waals surface area contributed by atoms with Gasteiger partial charge in [-0.05, 0) is 25.8 Å². The number of aryl methyl sites for hydroxylation is 1. The zero-order valence-electron chi connectivity index (χ0n) is 9.39. The summed E-state index contributed by atoms with van der Waals surface area (Å²) >= 11 is 0. The van der Waals surface area contributed by atoms with Crippen molar-refractivity contribution in [1.29, 1.82) is 5.26 Å². The Morgan fingerprint density at radius 2 is 2.50 bits per heavy atom. The maximum atomic E-state index is 8.41.